The molecule has 2 unspecified atom stereocenters. The summed E-state index contributed by atoms with van der Waals surface area (Å²) in [5, 5.41) is 16.2. The number of amides is 3. The van der Waals surface area contributed by atoms with Crippen molar-refractivity contribution in [2.24, 2.45) is 11.3 Å². The molecule has 0 radical (unpaired) electrons. The summed E-state index contributed by atoms with van der Waals surface area (Å²) in [6.07, 6.45) is 2.51. The SMILES string of the molecule is C=C[C@@H]1C[C@]1(NC(=O)C1C[C@@H](Oc2cc(C3CC3)nc3cc(OC)ccc23)CN1C(=O)C(NC(=O)OC(C)(C)C)C(C)(C)C)C(=O)O. The van der Waals surface area contributed by atoms with Gasteiger partial charge in [-0.15, -0.1) is 6.58 Å². The number of benzene rings is 1. The van der Waals surface area contributed by atoms with E-state index in [9.17, 15) is 24.3 Å². The maximum Gasteiger partial charge on any atom is 0.408 e. The molecule has 5 rings (SSSR count). The van der Waals surface area contributed by atoms with Gasteiger partial charge in [-0.1, -0.05) is 26.8 Å². The zero-order chi connectivity index (χ0) is 34.5. The maximum atomic E-state index is 14.3. The Hall–Kier alpha value is -4.35. The minimum atomic E-state index is -1.48. The van der Waals surface area contributed by atoms with Crippen LogP contribution in [0.2, 0.25) is 0 Å². The predicted octanol–water partition coefficient (Wildman–Crippen LogP) is 4.55. The number of aromatic nitrogens is 1. The van der Waals surface area contributed by atoms with Gasteiger partial charge in [0, 0.05) is 41.5 Å². The number of carbonyl (C=O) groups is 4. The van der Waals surface area contributed by atoms with E-state index in [4.69, 9.17) is 19.2 Å². The first-order chi connectivity index (χ1) is 22.0. The monoisotopic (exact) mass is 650 g/mol. The van der Waals surface area contributed by atoms with Crippen LogP contribution in [-0.4, -0.2) is 81.8 Å². The largest absolute Gasteiger partial charge is 0.497 e. The summed E-state index contributed by atoms with van der Waals surface area (Å²) in [4.78, 5) is 59.6. The summed E-state index contributed by atoms with van der Waals surface area (Å²) in [6, 6.07) is 5.35. The topological polar surface area (TPSA) is 156 Å². The highest BCUT2D eigenvalue weighted by Crippen LogP contribution is 2.45. The van der Waals surface area contributed by atoms with Crippen LogP contribution in [0.25, 0.3) is 10.9 Å². The second-order valence-electron chi connectivity index (χ2n) is 14.9. The van der Waals surface area contributed by atoms with Gasteiger partial charge in [-0.3, -0.25) is 14.6 Å². The Morgan fingerprint density at radius 1 is 1.13 bits per heavy atom. The molecular weight excluding hydrogens is 604 g/mol. The third-order valence-corrected chi connectivity index (χ3v) is 8.94. The van der Waals surface area contributed by atoms with Gasteiger partial charge in [0.1, 0.15) is 40.8 Å². The summed E-state index contributed by atoms with van der Waals surface area (Å²) < 4.78 is 17.5. The molecule has 1 saturated heterocycles. The molecule has 0 spiro atoms. The van der Waals surface area contributed by atoms with Crippen molar-refractivity contribution in [2.45, 2.75) is 102 Å². The van der Waals surface area contributed by atoms with Gasteiger partial charge in [-0.2, -0.15) is 0 Å². The first-order valence-electron chi connectivity index (χ1n) is 16.1. The molecule has 2 aliphatic carbocycles. The lowest BCUT2D eigenvalue weighted by molar-refractivity contribution is -0.146. The molecule has 2 heterocycles. The zero-order valence-electron chi connectivity index (χ0n) is 28.2. The lowest BCUT2D eigenvalue weighted by atomic mass is 9.85. The van der Waals surface area contributed by atoms with Crippen LogP contribution in [0.1, 0.15) is 78.8 Å². The van der Waals surface area contributed by atoms with Crippen molar-refractivity contribution in [3.05, 3.63) is 42.6 Å². The first kappa shape index (κ1) is 34.0. The van der Waals surface area contributed by atoms with Gasteiger partial charge >= 0.3 is 12.1 Å². The Kier molecular flexibility index (Phi) is 8.93. The smallest absolute Gasteiger partial charge is 0.408 e. The number of rotatable bonds is 10. The third-order valence-electron chi connectivity index (χ3n) is 8.94. The Bertz CT molecular complexity index is 1590. The molecule has 3 fully saturated rings. The summed E-state index contributed by atoms with van der Waals surface area (Å²) >= 11 is 0. The lowest BCUT2D eigenvalue weighted by Crippen LogP contribution is -2.59. The van der Waals surface area contributed by atoms with Gasteiger partial charge in [0.15, 0.2) is 0 Å². The molecule has 5 atom stereocenters. The van der Waals surface area contributed by atoms with E-state index in [1.165, 1.54) is 11.0 Å². The fourth-order valence-electron chi connectivity index (χ4n) is 6.12. The Morgan fingerprint density at radius 3 is 2.38 bits per heavy atom. The highest BCUT2D eigenvalue weighted by Gasteiger charge is 2.61. The fourth-order valence-corrected chi connectivity index (χ4v) is 6.12. The second kappa shape index (κ2) is 12.4. The quantitative estimate of drug-likeness (QED) is 0.314. The van der Waals surface area contributed by atoms with Gasteiger partial charge in [0.25, 0.3) is 0 Å². The minimum Gasteiger partial charge on any atom is -0.497 e. The van der Waals surface area contributed by atoms with E-state index in [-0.39, 0.29) is 19.4 Å². The molecule has 3 aliphatic rings. The highest BCUT2D eigenvalue weighted by atomic mass is 16.6. The summed E-state index contributed by atoms with van der Waals surface area (Å²) in [5.74, 6) is -1.13. The second-order valence-corrected chi connectivity index (χ2v) is 14.9. The average Bonchev–Trinajstić information content (AvgIpc) is 3.90. The van der Waals surface area contributed by atoms with Crippen LogP contribution in [0, 0.1) is 11.3 Å². The number of nitrogens with one attached hydrogen (secondary N) is 2. The molecule has 47 heavy (non-hydrogen) atoms. The van der Waals surface area contributed by atoms with Gasteiger partial charge in [0.2, 0.25) is 11.8 Å². The van der Waals surface area contributed by atoms with Crippen molar-refractivity contribution in [3.8, 4) is 11.5 Å². The van der Waals surface area contributed by atoms with Crippen LogP contribution in [-0.2, 0) is 19.1 Å². The predicted molar refractivity (Wildman–Crippen MR) is 174 cm³/mol. The van der Waals surface area contributed by atoms with Crippen LogP contribution in [0.4, 0.5) is 4.79 Å². The van der Waals surface area contributed by atoms with Crippen molar-refractivity contribution in [1.82, 2.24) is 20.5 Å². The molecular formula is C35H46N4O8. The van der Waals surface area contributed by atoms with Crippen molar-refractivity contribution in [3.63, 3.8) is 0 Å². The van der Waals surface area contributed by atoms with Crippen LogP contribution in [0.5, 0.6) is 11.5 Å². The molecule has 12 heteroatoms. The van der Waals surface area contributed by atoms with E-state index < -0.39 is 64.5 Å². The van der Waals surface area contributed by atoms with Crippen molar-refractivity contribution in [1.29, 1.82) is 0 Å². The van der Waals surface area contributed by atoms with Crippen LogP contribution >= 0.6 is 0 Å². The molecule has 12 nitrogen and oxygen atoms in total. The average molecular weight is 651 g/mol. The molecule has 1 aromatic carbocycles. The number of hydrogen-bond donors (Lipinski definition) is 3. The Balaban J connectivity index is 1.47. The number of carboxylic acids is 1. The molecule has 1 aromatic heterocycles. The Morgan fingerprint density at radius 2 is 1.83 bits per heavy atom. The van der Waals surface area contributed by atoms with E-state index >= 15 is 0 Å². The van der Waals surface area contributed by atoms with Crippen LogP contribution in [0.15, 0.2) is 36.9 Å². The lowest BCUT2D eigenvalue weighted by Gasteiger charge is -2.35. The molecule has 254 valence electrons. The summed E-state index contributed by atoms with van der Waals surface area (Å²) in [6.45, 7) is 14.3. The number of likely N-dealkylation sites (tertiary alicyclic amines) is 1. The summed E-state index contributed by atoms with van der Waals surface area (Å²) in [5.41, 5.74) is -1.42. The summed E-state index contributed by atoms with van der Waals surface area (Å²) in [7, 11) is 1.59. The van der Waals surface area contributed by atoms with Crippen LogP contribution in [0.3, 0.4) is 0 Å². The normalized spacial score (nSPS) is 24.7. The van der Waals surface area contributed by atoms with Crippen molar-refractivity contribution in [2.75, 3.05) is 13.7 Å². The van der Waals surface area contributed by atoms with Gasteiger partial charge in [-0.25, -0.2) is 9.59 Å². The van der Waals surface area contributed by atoms with E-state index in [2.05, 4.69) is 17.2 Å². The molecule has 1 aliphatic heterocycles. The molecule has 0 bridgehead atoms. The number of aliphatic carboxylic acids is 1. The molecule has 3 amide bonds. The number of methoxy groups -OCH3 is 1. The molecule has 3 N–H and O–H groups in total. The first-order valence-corrected chi connectivity index (χ1v) is 16.1. The zero-order valence-corrected chi connectivity index (χ0v) is 28.2. The number of carboxylic acid groups (broad SMARTS) is 1. The number of hydrogen-bond acceptors (Lipinski definition) is 8. The van der Waals surface area contributed by atoms with Gasteiger partial charge < -0.3 is 34.9 Å². The van der Waals surface area contributed by atoms with Crippen molar-refractivity contribution < 1.29 is 38.5 Å². The van der Waals surface area contributed by atoms with E-state index in [1.54, 1.807) is 48.7 Å². The number of ether oxygens (including phenoxy) is 3. The van der Waals surface area contributed by atoms with Crippen molar-refractivity contribution >= 4 is 34.8 Å². The standard InChI is InChI=1S/C35H46N4O8/c1-9-20-17-35(20,31(42)43)38-29(40)26-15-22(18-39(26)30(41)28(33(2,3)4)37-32(44)47-34(5,6)7)46-27-16-24(19-10-11-19)36-25-14-21(45-8)12-13-23(25)27/h9,12-14,16,19-20,22,26,28H,1,10-11,15,17-18H2,2-8H3,(H,37,44)(H,38,40)(H,42,43)/t20-,22-,26?,28?,35-/m1/s1. The molecule has 2 saturated carbocycles. The maximum absolute atomic E-state index is 14.3. The number of pyridine rings is 1. The fraction of sp³-hybridized carbons (Fsp3) is 0.571. The van der Waals surface area contributed by atoms with E-state index in [1.807, 2.05) is 24.3 Å². The Labute approximate surface area is 275 Å². The third kappa shape index (κ3) is 7.31. The minimum absolute atomic E-state index is 0.0309. The van der Waals surface area contributed by atoms with E-state index in [0.717, 1.165) is 23.9 Å². The number of fused-ring (bicyclic) bond motifs is 1. The number of nitrogens with zero attached hydrogens (tertiary/aromatic N) is 2. The van der Waals surface area contributed by atoms with E-state index in [0.29, 0.717) is 22.9 Å². The molecule has 2 aromatic rings. The number of carbonyl (C=O) groups excluding carboxylic acids is 3. The van der Waals surface area contributed by atoms with Gasteiger partial charge in [0.05, 0.1) is 19.2 Å². The van der Waals surface area contributed by atoms with Gasteiger partial charge in [-0.05, 0) is 57.6 Å². The number of alkyl carbamates (subject to hydrolysis) is 1. The van der Waals surface area contributed by atoms with Crippen LogP contribution < -0.4 is 20.1 Å². The highest BCUT2D eigenvalue weighted by molar-refractivity contribution is 5.96.